The van der Waals surface area contributed by atoms with Crippen molar-refractivity contribution in [1.82, 2.24) is 9.97 Å². The smallest absolute Gasteiger partial charge is 0.250 e. The molecule has 3 rings (SSSR count). The number of hydrogen-bond donors (Lipinski definition) is 1. The van der Waals surface area contributed by atoms with E-state index in [1.165, 1.54) is 12.5 Å². The molecule has 0 spiro atoms. The lowest BCUT2D eigenvalue weighted by Gasteiger charge is -2.07. The molecule has 26 heavy (non-hydrogen) atoms. The van der Waals surface area contributed by atoms with Crippen LogP contribution in [0.2, 0.25) is 0 Å². The van der Waals surface area contributed by atoms with Gasteiger partial charge in [0.2, 0.25) is 5.89 Å². The first-order valence-electron chi connectivity index (χ1n) is 7.81. The highest BCUT2D eigenvalue weighted by atomic mass is 16.3. The molecule has 1 N–H and O–H groups in total. The zero-order valence-electron chi connectivity index (χ0n) is 13.6. The highest BCUT2D eigenvalue weighted by Crippen LogP contribution is 2.19. The van der Waals surface area contributed by atoms with Gasteiger partial charge in [0.05, 0.1) is 18.2 Å². The van der Waals surface area contributed by atoms with Gasteiger partial charge in [-0.05, 0) is 24.3 Å². The largest absolute Gasteiger partial charge is 0.444 e. The highest BCUT2D eigenvalue weighted by molar-refractivity contribution is 6.09. The van der Waals surface area contributed by atoms with E-state index in [0.717, 1.165) is 5.56 Å². The van der Waals surface area contributed by atoms with E-state index in [9.17, 15) is 14.9 Å². The second kappa shape index (κ2) is 7.85. The summed E-state index contributed by atoms with van der Waals surface area (Å²) in [6.45, 7) is 0. The van der Waals surface area contributed by atoms with E-state index in [4.69, 9.17) is 4.42 Å². The number of rotatable bonds is 6. The average molecular weight is 346 g/mol. The number of benzene rings is 1. The van der Waals surface area contributed by atoms with Crippen molar-refractivity contribution in [1.29, 1.82) is 5.26 Å². The van der Waals surface area contributed by atoms with Gasteiger partial charge in [-0.3, -0.25) is 9.59 Å². The Morgan fingerprint density at radius 2 is 1.92 bits per heavy atom. The number of hydrogen-bond acceptors (Lipinski definition) is 6. The summed E-state index contributed by atoms with van der Waals surface area (Å²) in [5.41, 5.74) is 1.13. The number of nitrogens with one attached hydrogen (secondary N) is 1. The maximum Gasteiger partial charge on any atom is 0.250 e. The van der Waals surface area contributed by atoms with E-state index in [0.29, 0.717) is 11.6 Å². The molecular formula is C19H14N4O3. The van der Waals surface area contributed by atoms with Gasteiger partial charge in [0.25, 0.3) is 5.91 Å². The van der Waals surface area contributed by atoms with Gasteiger partial charge in [-0.2, -0.15) is 5.26 Å². The summed E-state index contributed by atoms with van der Waals surface area (Å²) in [4.78, 5) is 32.7. The third kappa shape index (κ3) is 3.99. The van der Waals surface area contributed by atoms with Gasteiger partial charge in [0.15, 0.2) is 11.7 Å². The standard InChI is InChI=1S/C19H14N4O3/c20-11-15(18(25)23-17-8-4-5-9-21-17)16(24)10-14-12-26-19(22-14)13-6-2-1-3-7-13/h1-9,12,15H,10H2,(H,21,23,25)/t15-/m1/s1. The number of anilines is 1. The lowest BCUT2D eigenvalue weighted by atomic mass is 10.0. The molecule has 1 amide bonds. The predicted molar refractivity (Wildman–Crippen MR) is 92.6 cm³/mol. The van der Waals surface area contributed by atoms with E-state index in [1.807, 2.05) is 30.3 Å². The summed E-state index contributed by atoms with van der Waals surface area (Å²) in [7, 11) is 0. The number of nitrogens with zero attached hydrogens (tertiary/aromatic N) is 3. The molecule has 2 heterocycles. The van der Waals surface area contributed by atoms with E-state index in [2.05, 4.69) is 15.3 Å². The highest BCUT2D eigenvalue weighted by Gasteiger charge is 2.27. The van der Waals surface area contributed by atoms with Crippen LogP contribution in [0.5, 0.6) is 0 Å². The van der Waals surface area contributed by atoms with Crippen LogP contribution in [0.3, 0.4) is 0 Å². The molecule has 7 nitrogen and oxygen atoms in total. The summed E-state index contributed by atoms with van der Waals surface area (Å²) in [5.74, 6) is -2.08. The van der Waals surface area contributed by atoms with Crippen LogP contribution in [0.4, 0.5) is 5.82 Å². The third-order valence-corrected chi connectivity index (χ3v) is 3.56. The maximum absolute atomic E-state index is 12.3. The van der Waals surface area contributed by atoms with Crippen molar-refractivity contribution >= 4 is 17.5 Å². The Hall–Kier alpha value is -3.79. The normalized spacial score (nSPS) is 11.3. The number of carbonyl (C=O) groups is 2. The van der Waals surface area contributed by atoms with Crippen LogP contribution in [-0.2, 0) is 16.0 Å². The van der Waals surface area contributed by atoms with E-state index in [-0.39, 0.29) is 12.2 Å². The summed E-state index contributed by atoms with van der Waals surface area (Å²) in [6.07, 6.45) is 2.68. The molecule has 128 valence electrons. The fourth-order valence-corrected chi connectivity index (χ4v) is 2.29. The minimum atomic E-state index is -1.45. The molecule has 0 bridgehead atoms. The molecule has 0 aliphatic heterocycles. The Labute approximate surface area is 149 Å². The molecule has 7 heteroatoms. The van der Waals surface area contributed by atoms with E-state index >= 15 is 0 Å². The lowest BCUT2D eigenvalue weighted by Crippen LogP contribution is -2.30. The van der Waals surface area contributed by atoms with Crippen molar-refractivity contribution in [3.63, 3.8) is 0 Å². The average Bonchev–Trinajstić information content (AvgIpc) is 3.12. The Balaban J connectivity index is 1.67. The van der Waals surface area contributed by atoms with Gasteiger partial charge >= 0.3 is 0 Å². The van der Waals surface area contributed by atoms with Crippen molar-refractivity contribution < 1.29 is 14.0 Å². The van der Waals surface area contributed by atoms with E-state index < -0.39 is 17.6 Å². The lowest BCUT2D eigenvalue weighted by molar-refractivity contribution is -0.128. The van der Waals surface area contributed by atoms with Crippen LogP contribution in [0, 0.1) is 17.2 Å². The number of nitriles is 1. The van der Waals surface area contributed by atoms with Crippen LogP contribution in [0.15, 0.2) is 65.4 Å². The second-order valence-electron chi connectivity index (χ2n) is 5.42. The number of pyridine rings is 1. The number of carbonyl (C=O) groups excluding carboxylic acids is 2. The van der Waals surface area contributed by atoms with Crippen LogP contribution >= 0.6 is 0 Å². The zero-order chi connectivity index (χ0) is 18.4. The van der Waals surface area contributed by atoms with Gasteiger partial charge in [0.1, 0.15) is 12.1 Å². The Kier molecular flexibility index (Phi) is 5.15. The molecule has 1 atom stereocenters. The number of Topliss-reactive ketones (excluding diaryl/α,β-unsaturated/α-hetero) is 1. The Morgan fingerprint density at radius 1 is 1.15 bits per heavy atom. The topological polar surface area (TPSA) is 109 Å². The van der Waals surface area contributed by atoms with Crippen molar-refractivity contribution in [2.75, 3.05) is 5.32 Å². The molecule has 0 saturated heterocycles. The molecule has 0 radical (unpaired) electrons. The molecule has 1 aromatic carbocycles. The first kappa shape index (κ1) is 17.0. The summed E-state index contributed by atoms with van der Waals surface area (Å²) >= 11 is 0. The molecule has 0 aliphatic rings. The van der Waals surface area contributed by atoms with Gasteiger partial charge in [-0.1, -0.05) is 24.3 Å². The summed E-state index contributed by atoms with van der Waals surface area (Å²) < 4.78 is 5.36. The van der Waals surface area contributed by atoms with Crippen molar-refractivity contribution in [3.8, 4) is 17.5 Å². The number of aromatic nitrogens is 2. The molecular weight excluding hydrogens is 332 g/mol. The van der Waals surface area contributed by atoms with Gasteiger partial charge in [0, 0.05) is 11.8 Å². The SMILES string of the molecule is N#C[C@H](C(=O)Cc1coc(-c2ccccc2)n1)C(=O)Nc1ccccn1. The second-order valence-corrected chi connectivity index (χ2v) is 5.42. The van der Waals surface area contributed by atoms with Crippen LogP contribution in [-0.4, -0.2) is 21.7 Å². The van der Waals surface area contributed by atoms with Crippen molar-refractivity contribution in [3.05, 3.63) is 66.7 Å². The fraction of sp³-hybridized carbons (Fsp3) is 0.105. The van der Waals surface area contributed by atoms with Gasteiger partial charge in [-0.15, -0.1) is 0 Å². The number of oxazole rings is 1. The number of ketones is 1. The minimum Gasteiger partial charge on any atom is -0.444 e. The van der Waals surface area contributed by atoms with Crippen molar-refractivity contribution in [2.24, 2.45) is 5.92 Å². The summed E-state index contributed by atoms with van der Waals surface area (Å²) in [6, 6.07) is 15.9. The number of amides is 1. The van der Waals surface area contributed by atoms with Crippen LogP contribution in [0.1, 0.15) is 5.69 Å². The first-order chi connectivity index (χ1) is 12.7. The first-order valence-corrected chi connectivity index (χ1v) is 7.81. The third-order valence-electron chi connectivity index (χ3n) is 3.56. The summed E-state index contributed by atoms with van der Waals surface area (Å²) in [5, 5.41) is 11.7. The molecule has 0 unspecified atom stereocenters. The van der Waals surface area contributed by atoms with Crippen LogP contribution < -0.4 is 5.32 Å². The zero-order valence-corrected chi connectivity index (χ0v) is 13.6. The van der Waals surface area contributed by atoms with Gasteiger partial charge < -0.3 is 9.73 Å². The Bertz CT molecular complexity index is 946. The predicted octanol–water partition coefficient (Wildman–Crippen LogP) is 2.63. The fourth-order valence-electron chi connectivity index (χ4n) is 2.29. The molecule has 0 aliphatic carbocycles. The minimum absolute atomic E-state index is 0.176. The Morgan fingerprint density at radius 3 is 2.62 bits per heavy atom. The molecule has 3 aromatic rings. The molecule has 2 aromatic heterocycles. The maximum atomic E-state index is 12.3. The van der Waals surface area contributed by atoms with E-state index in [1.54, 1.807) is 24.3 Å². The van der Waals surface area contributed by atoms with Crippen LogP contribution in [0.25, 0.3) is 11.5 Å². The van der Waals surface area contributed by atoms with Crippen molar-refractivity contribution in [2.45, 2.75) is 6.42 Å². The molecule has 0 saturated carbocycles. The monoisotopic (exact) mass is 346 g/mol. The van der Waals surface area contributed by atoms with Gasteiger partial charge in [-0.25, -0.2) is 9.97 Å². The quantitative estimate of drug-likeness (QED) is 0.687. The molecule has 0 fully saturated rings.